The Morgan fingerprint density at radius 1 is 1.11 bits per heavy atom. The van der Waals surface area contributed by atoms with Gasteiger partial charge in [0.1, 0.15) is 0 Å². The molecule has 4 atom stereocenters. The van der Waals surface area contributed by atoms with Crippen LogP contribution in [0, 0.1) is 17.8 Å². The van der Waals surface area contributed by atoms with E-state index in [1.54, 1.807) is 0 Å². The van der Waals surface area contributed by atoms with Gasteiger partial charge >= 0.3 is 0 Å². The average Bonchev–Trinajstić information content (AvgIpc) is 3.18. The maximum Gasteiger partial charge on any atom is 0.0556 e. The second-order valence-corrected chi connectivity index (χ2v) is 7.23. The van der Waals surface area contributed by atoms with Crippen molar-refractivity contribution in [2.45, 2.75) is 57.5 Å². The topological polar surface area (TPSA) is 35.5 Å². The van der Waals surface area contributed by atoms with Crippen LogP contribution in [0.15, 0.2) is 0 Å². The van der Waals surface area contributed by atoms with Crippen molar-refractivity contribution in [1.82, 2.24) is 10.2 Å². The van der Waals surface area contributed by atoms with Gasteiger partial charge in [0.2, 0.25) is 0 Å². The normalized spacial score (nSPS) is 40.1. The van der Waals surface area contributed by atoms with Crippen LogP contribution in [0.3, 0.4) is 0 Å². The first-order valence-corrected chi connectivity index (χ1v) is 8.34. The van der Waals surface area contributed by atoms with Gasteiger partial charge in [0, 0.05) is 31.7 Å². The first kappa shape index (κ1) is 13.8. The Balaban J connectivity index is 1.55. The molecule has 0 amide bonds. The minimum atomic E-state index is 0.267. The summed E-state index contributed by atoms with van der Waals surface area (Å²) in [7, 11) is 0. The van der Waals surface area contributed by atoms with E-state index in [2.05, 4.69) is 17.1 Å². The summed E-state index contributed by atoms with van der Waals surface area (Å²) in [4.78, 5) is 2.76. The largest absolute Gasteiger partial charge is 0.395 e. The Kier molecular flexibility index (Phi) is 4.45. The minimum Gasteiger partial charge on any atom is -0.395 e. The van der Waals surface area contributed by atoms with Crippen molar-refractivity contribution in [2.75, 3.05) is 26.2 Å². The Bertz CT molecular complexity index is 292. The van der Waals surface area contributed by atoms with Crippen molar-refractivity contribution >= 4 is 0 Å². The number of aliphatic hydroxyl groups excluding tert-OH is 1. The first-order chi connectivity index (χ1) is 9.26. The molecule has 4 unspecified atom stereocenters. The molecule has 1 saturated heterocycles. The van der Waals surface area contributed by atoms with Crippen molar-refractivity contribution in [2.24, 2.45) is 17.8 Å². The van der Waals surface area contributed by atoms with Crippen LogP contribution in [0.5, 0.6) is 0 Å². The van der Waals surface area contributed by atoms with E-state index in [1.165, 1.54) is 51.6 Å². The SMILES string of the molecule is CC1CCC1N1CC(CC2CC2)CC(NCCO)C1. The summed E-state index contributed by atoms with van der Waals surface area (Å²) in [6, 6.07) is 1.46. The predicted molar refractivity (Wildman–Crippen MR) is 78.1 cm³/mol. The molecule has 0 aromatic carbocycles. The lowest BCUT2D eigenvalue weighted by atomic mass is 9.77. The fraction of sp³-hybridized carbons (Fsp3) is 1.00. The summed E-state index contributed by atoms with van der Waals surface area (Å²) in [6.07, 6.45) is 8.56. The van der Waals surface area contributed by atoms with Crippen molar-refractivity contribution in [1.29, 1.82) is 0 Å². The van der Waals surface area contributed by atoms with Crippen LogP contribution in [0.1, 0.15) is 45.4 Å². The highest BCUT2D eigenvalue weighted by molar-refractivity contribution is 4.94. The third-order valence-electron chi connectivity index (χ3n) is 5.52. The molecule has 110 valence electrons. The van der Waals surface area contributed by atoms with Crippen molar-refractivity contribution in [3.63, 3.8) is 0 Å². The summed E-state index contributed by atoms with van der Waals surface area (Å²) < 4.78 is 0. The van der Waals surface area contributed by atoms with Gasteiger partial charge in [0.15, 0.2) is 0 Å². The van der Waals surface area contributed by atoms with Crippen LogP contribution < -0.4 is 5.32 Å². The van der Waals surface area contributed by atoms with Crippen LogP contribution in [0.4, 0.5) is 0 Å². The van der Waals surface area contributed by atoms with Gasteiger partial charge in [-0.1, -0.05) is 19.8 Å². The van der Waals surface area contributed by atoms with Gasteiger partial charge in [-0.25, -0.2) is 0 Å². The van der Waals surface area contributed by atoms with Crippen LogP contribution in [-0.2, 0) is 0 Å². The quantitative estimate of drug-likeness (QED) is 0.770. The highest BCUT2D eigenvalue weighted by atomic mass is 16.3. The predicted octanol–water partition coefficient (Wildman–Crippen LogP) is 1.86. The molecule has 2 saturated carbocycles. The monoisotopic (exact) mass is 266 g/mol. The molecule has 3 rings (SSSR count). The van der Waals surface area contributed by atoms with E-state index in [0.717, 1.165) is 30.3 Å². The second kappa shape index (κ2) is 6.11. The fourth-order valence-electron chi connectivity index (χ4n) is 4.12. The van der Waals surface area contributed by atoms with Gasteiger partial charge in [-0.15, -0.1) is 0 Å². The molecular weight excluding hydrogens is 236 g/mol. The molecule has 0 spiro atoms. The molecule has 0 aromatic heterocycles. The number of aliphatic hydroxyl groups is 1. The smallest absolute Gasteiger partial charge is 0.0556 e. The molecular formula is C16H30N2O. The standard InChI is InChI=1S/C16H30N2O/c1-12-2-5-16(12)18-10-14(8-13-3-4-13)9-15(11-18)17-6-7-19/h12-17,19H,2-11H2,1H3. The summed E-state index contributed by atoms with van der Waals surface area (Å²) in [6.45, 7) is 5.98. The van der Waals surface area contributed by atoms with Crippen molar-refractivity contribution in [3.05, 3.63) is 0 Å². The van der Waals surface area contributed by atoms with Crippen molar-refractivity contribution < 1.29 is 5.11 Å². The third-order valence-corrected chi connectivity index (χ3v) is 5.52. The zero-order chi connectivity index (χ0) is 13.2. The molecule has 1 aliphatic heterocycles. The molecule has 3 nitrogen and oxygen atoms in total. The summed E-state index contributed by atoms with van der Waals surface area (Å²) in [5.41, 5.74) is 0. The highest BCUT2D eigenvalue weighted by Gasteiger charge is 2.38. The van der Waals surface area contributed by atoms with E-state index < -0.39 is 0 Å². The lowest BCUT2D eigenvalue weighted by molar-refractivity contribution is 0.0195. The molecule has 19 heavy (non-hydrogen) atoms. The van der Waals surface area contributed by atoms with Gasteiger partial charge in [-0.05, 0) is 43.4 Å². The summed E-state index contributed by atoms with van der Waals surface area (Å²) >= 11 is 0. The van der Waals surface area contributed by atoms with E-state index in [9.17, 15) is 0 Å². The van der Waals surface area contributed by atoms with Crippen LogP contribution in [0.25, 0.3) is 0 Å². The number of piperidine rings is 1. The van der Waals surface area contributed by atoms with Gasteiger partial charge in [0.25, 0.3) is 0 Å². The molecule has 0 aromatic rings. The molecule has 1 heterocycles. The van der Waals surface area contributed by atoms with Crippen LogP contribution in [-0.4, -0.2) is 48.3 Å². The lowest BCUT2D eigenvalue weighted by Gasteiger charge is -2.48. The Labute approximate surface area is 117 Å². The zero-order valence-corrected chi connectivity index (χ0v) is 12.4. The van der Waals surface area contributed by atoms with Gasteiger partial charge in [0.05, 0.1) is 6.61 Å². The molecule has 2 N–H and O–H groups in total. The third kappa shape index (κ3) is 3.50. The average molecular weight is 266 g/mol. The lowest BCUT2D eigenvalue weighted by Crippen LogP contribution is -2.56. The van der Waals surface area contributed by atoms with E-state index in [1.807, 2.05) is 0 Å². The molecule has 3 fully saturated rings. The molecule has 3 heteroatoms. The van der Waals surface area contributed by atoms with Gasteiger partial charge in [-0.3, -0.25) is 4.90 Å². The Morgan fingerprint density at radius 2 is 1.95 bits per heavy atom. The van der Waals surface area contributed by atoms with Crippen LogP contribution >= 0.6 is 0 Å². The number of hydrogen-bond acceptors (Lipinski definition) is 3. The Hall–Kier alpha value is -0.120. The maximum atomic E-state index is 9.02. The molecule has 0 bridgehead atoms. The van der Waals surface area contributed by atoms with Crippen LogP contribution in [0.2, 0.25) is 0 Å². The van der Waals surface area contributed by atoms with Gasteiger partial charge in [-0.2, -0.15) is 0 Å². The minimum absolute atomic E-state index is 0.267. The summed E-state index contributed by atoms with van der Waals surface area (Å²) in [5, 5.41) is 12.6. The number of nitrogens with zero attached hydrogens (tertiary/aromatic N) is 1. The number of hydrogen-bond donors (Lipinski definition) is 2. The van der Waals surface area contributed by atoms with Crippen molar-refractivity contribution in [3.8, 4) is 0 Å². The number of nitrogens with one attached hydrogen (secondary N) is 1. The zero-order valence-electron chi connectivity index (χ0n) is 12.4. The number of likely N-dealkylation sites (tertiary alicyclic amines) is 1. The number of rotatable bonds is 6. The van der Waals surface area contributed by atoms with Gasteiger partial charge < -0.3 is 10.4 Å². The fourth-order valence-corrected chi connectivity index (χ4v) is 4.12. The van der Waals surface area contributed by atoms with E-state index in [0.29, 0.717) is 6.04 Å². The Morgan fingerprint density at radius 3 is 2.53 bits per heavy atom. The molecule has 2 aliphatic carbocycles. The molecule has 3 aliphatic rings. The first-order valence-electron chi connectivity index (χ1n) is 8.34. The summed E-state index contributed by atoms with van der Waals surface area (Å²) in [5.74, 6) is 2.84. The maximum absolute atomic E-state index is 9.02. The highest BCUT2D eigenvalue weighted by Crippen LogP contribution is 2.40. The van der Waals surface area contributed by atoms with E-state index in [4.69, 9.17) is 5.11 Å². The van der Waals surface area contributed by atoms with E-state index in [-0.39, 0.29) is 6.61 Å². The van der Waals surface area contributed by atoms with E-state index >= 15 is 0 Å². The molecule has 0 radical (unpaired) electrons. The second-order valence-electron chi connectivity index (χ2n) is 7.23.